The third-order valence-electron chi connectivity index (χ3n) is 4.97. The van der Waals surface area contributed by atoms with E-state index in [1.807, 2.05) is 17.9 Å². The Morgan fingerprint density at radius 1 is 1.22 bits per heavy atom. The van der Waals surface area contributed by atoms with Crippen molar-refractivity contribution >= 4 is 22.7 Å². The van der Waals surface area contributed by atoms with Crippen LogP contribution in [-0.4, -0.2) is 53.9 Å². The standard InChI is InChI=1S/C20H26N4O3/c1-2-11-24(14-7-9-21-10-8-14)18(25)13-23-20(27)16-12-22-17-6-4-3-5-15(17)19(16)26/h3-6,12,14,21H,2,7-11,13H2,1H3,(H,22,26)(H,23,27). The summed E-state index contributed by atoms with van der Waals surface area (Å²) in [5.41, 5.74) is 0.360. The molecule has 27 heavy (non-hydrogen) atoms. The lowest BCUT2D eigenvalue weighted by Crippen LogP contribution is -2.49. The number of carbonyl (C=O) groups excluding carboxylic acids is 2. The van der Waals surface area contributed by atoms with Crippen molar-refractivity contribution in [3.05, 3.63) is 46.2 Å². The molecule has 0 atom stereocenters. The minimum absolute atomic E-state index is 0.0189. The normalized spacial score (nSPS) is 14.9. The summed E-state index contributed by atoms with van der Waals surface area (Å²) in [5, 5.41) is 6.37. The van der Waals surface area contributed by atoms with Gasteiger partial charge in [-0.05, 0) is 44.5 Å². The van der Waals surface area contributed by atoms with Gasteiger partial charge in [0.15, 0.2) is 0 Å². The maximum Gasteiger partial charge on any atom is 0.257 e. The number of H-pyrrole nitrogens is 1. The van der Waals surface area contributed by atoms with Gasteiger partial charge in [0.1, 0.15) is 5.56 Å². The Morgan fingerprint density at radius 3 is 2.70 bits per heavy atom. The van der Waals surface area contributed by atoms with Gasteiger partial charge in [0.05, 0.1) is 6.54 Å². The van der Waals surface area contributed by atoms with Crippen LogP contribution in [0.1, 0.15) is 36.5 Å². The number of piperidine rings is 1. The first-order valence-electron chi connectivity index (χ1n) is 9.50. The van der Waals surface area contributed by atoms with Crippen molar-refractivity contribution in [3.63, 3.8) is 0 Å². The molecule has 0 spiro atoms. The first kappa shape index (κ1) is 19.1. The molecular formula is C20H26N4O3. The van der Waals surface area contributed by atoms with E-state index >= 15 is 0 Å². The number of nitrogens with one attached hydrogen (secondary N) is 3. The molecule has 2 amide bonds. The fourth-order valence-corrected chi connectivity index (χ4v) is 3.56. The number of aromatic nitrogens is 1. The maximum absolute atomic E-state index is 12.7. The van der Waals surface area contributed by atoms with Gasteiger partial charge in [-0.15, -0.1) is 0 Å². The van der Waals surface area contributed by atoms with Crippen LogP contribution >= 0.6 is 0 Å². The molecule has 1 saturated heterocycles. The van der Waals surface area contributed by atoms with Crippen molar-refractivity contribution in [2.45, 2.75) is 32.2 Å². The van der Waals surface area contributed by atoms with Gasteiger partial charge in [-0.2, -0.15) is 0 Å². The largest absolute Gasteiger partial charge is 0.360 e. The molecule has 2 aromatic rings. The molecule has 1 aromatic carbocycles. The predicted molar refractivity (Wildman–Crippen MR) is 105 cm³/mol. The summed E-state index contributed by atoms with van der Waals surface area (Å²) in [6.45, 7) is 4.41. The zero-order valence-corrected chi connectivity index (χ0v) is 15.6. The van der Waals surface area contributed by atoms with E-state index in [1.165, 1.54) is 6.20 Å². The number of pyridine rings is 1. The van der Waals surface area contributed by atoms with Crippen LogP contribution in [-0.2, 0) is 4.79 Å². The number of amides is 2. The number of rotatable bonds is 6. The van der Waals surface area contributed by atoms with Crippen molar-refractivity contribution < 1.29 is 9.59 Å². The Bertz CT molecular complexity index is 871. The van der Waals surface area contributed by atoms with Crippen LogP contribution in [0.4, 0.5) is 0 Å². The summed E-state index contributed by atoms with van der Waals surface area (Å²) >= 11 is 0. The lowest BCUT2D eigenvalue weighted by atomic mass is 10.0. The summed E-state index contributed by atoms with van der Waals surface area (Å²) in [7, 11) is 0. The minimum Gasteiger partial charge on any atom is -0.360 e. The van der Waals surface area contributed by atoms with Crippen LogP contribution in [0, 0.1) is 0 Å². The fraction of sp³-hybridized carbons (Fsp3) is 0.450. The molecule has 0 saturated carbocycles. The first-order chi connectivity index (χ1) is 13.1. The number of benzene rings is 1. The first-order valence-corrected chi connectivity index (χ1v) is 9.50. The summed E-state index contributed by atoms with van der Waals surface area (Å²) in [4.78, 5) is 42.5. The SMILES string of the molecule is CCCN(C(=O)CNC(=O)c1c[nH]c2ccccc2c1=O)C1CCNCC1. The highest BCUT2D eigenvalue weighted by atomic mass is 16.2. The number of hydrogen-bond donors (Lipinski definition) is 3. The van der Waals surface area contributed by atoms with E-state index in [4.69, 9.17) is 0 Å². The smallest absolute Gasteiger partial charge is 0.257 e. The Hall–Kier alpha value is -2.67. The molecule has 7 heteroatoms. The number of carbonyl (C=O) groups is 2. The molecule has 1 aliphatic heterocycles. The highest BCUT2D eigenvalue weighted by Crippen LogP contribution is 2.13. The molecule has 2 heterocycles. The van der Waals surface area contributed by atoms with Gasteiger partial charge >= 0.3 is 0 Å². The molecular weight excluding hydrogens is 344 g/mol. The van der Waals surface area contributed by atoms with Gasteiger partial charge in [-0.25, -0.2) is 0 Å². The zero-order chi connectivity index (χ0) is 19.2. The lowest BCUT2D eigenvalue weighted by molar-refractivity contribution is -0.133. The van der Waals surface area contributed by atoms with Gasteiger partial charge in [-0.1, -0.05) is 19.1 Å². The molecule has 144 valence electrons. The molecule has 1 aliphatic rings. The van der Waals surface area contributed by atoms with Crippen molar-refractivity contribution in [1.82, 2.24) is 20.5 Å². The lowest BCUT2D eigenvalue weighted by Gasteiger charge is -2.34. The average Bonchev–Trinajstić information content (AvgIpc) is 2.71. The summed E-state index contributed by atoms with van der Waals surface area (Å²) < 4.78 is 0. The quantitative estimate of drug-likeness (QED) is 0.713. The number of nitrogens with zero attached hydrogens (tertiary/aromatic N) is 1. The summed E-state index contributed by atoms with van der Waals surface area (Å²) in [6.07, 6.45) is 4.11. The van der Waals surface area contributed by atoms with Gasteiger partial charge in [0.25, 0.3) is 5.91 Å². The van der Waals surface area contributed by atoms with E-state index in [9.17, 15) is 14.4 Å². The van der Waals surface area contributed by atoms with Crippen LogP contribution in [0.15, 0.2) is 35.3 Å². The van der Waals surface area contributed by atoms with E-state index in [1.54, 1.807) is 18.2 Å². The average molecular weight is 370 g/mol. The molecule has 0 radical (unpaired) electrons. The van der Waals surface area contributed by atoms with Crippen molar-refractivity contribution in [2.24, 2.45) is 0 Å². The predicted octanol–water partition coefficient (Wildman–Crippen LogP) is 1.25. The van der Waals surface area contributed by atoms with Crippen LogP contribution < -0.4 is 16.1 Å². The second kappa shape index (κ2) is 8.81. The monoisotopic (exact) mass is 370 g/mol. The second-order valence-electron chi connectivity index (χ2n) is 6.83. The van der Waals surface area contributed by atoms with Crippen molar-refractivity contribution in [3.8, 4) is 0 Å². The fourth-order valence-electron chi connectivity index (χ4n) is 3.56. The van der Waals surface area contributed by atoms with Crippen LogP contribution in [0.25, 0.3) is 10.9 Å². The van der Waals surface area contributed by atoms with Gasteiger partial charge < -0.3 is 20.5 Å². The van der Waals surface area contributed by atoms with Gasteiger partial charge in [-0.3, -0.25) is 14.4 Å². The zero-order valence-electron chi connectivity index (χ0n) is 15.6. The van der Waals surface area contributed by atoms with Crippen molar-refractivity contribution in [1.29, 1.82) is 0 Å². The van der Waals surface area contributed by atoms with Crippen LogP contribution in [0.2, 0.25) is 0 Å². The molecule has 7 nitrogen and oxygen atoms in total. The Morgan fingerprint density at radius 2 is 1.96 bits per heavy atom. The highest BCUT2D eigenvalue weighted by molar-refractivity contribution is 5.98. The van der Waals surface area contributed by atoms with Crippen LogP contribution in [0.3, 0.4) is 0 Å². The van der Waals surface area contributed by atoms with E-state index in [-0.39, 0.29) is 29.5 Å². The summed E-state index contributed by atoms with van der Waals surface area (Å²) in [6, 6.07) is 7.24. The third-order valence-corrected chi connectivity index (χ3v) is 4.97. The van der Waals surface area contributed by atoms with E-state index in [0.717, 1.165) is 32.4 Å². The molecule has 1 fully saturated rings. The van der Waals surface area contributed by atoms with E-state index < -0.39 is 5.91 Å². The molecule has 0 bridgehead atoms. The molecule has 1 aromatic heterocycles. The molecule has 0 aliphatic carbocycles. The highest BCUT2D eigenvalue weighted by Gasteiger charge is 2.25. The maximum atomic E-state index is 12.7. The van der Waals surface area contributed by atoms with Crippen LogP contribution in [0.5, 0.6) is 0 Å². The minimum atomic E-state index is -0.530. The third kappa shape index (κ3) is 4.36. The Labute approximate surface area is 158 Å². The van der Waals surface area contributed by atoms with E-state index in [2.05, 4.69) is 15.6 Å². The molecule has 0 unspecified atom stereocenters. The molecule has 3 N–H and O–H groups in total. The van der Waals surface area contributed by atoms with E-state index in [0.29, 0.717) is 17.4 Å². The topological polar surface area (TPSA) is 94.3 Å². The van der Waals surface area contributed by atoms with Gasteiger partial charge in [0, 0.05) is 29.7 Å². The Balaban J connectivity index is 1.68. The number of hydrogen-bond acceptors (Lipinski definition) is 4. The Kier molecular flexibility index (Phi) is 6.24. The number of para-hydroxylation sites is 1. The summed E-state index contributed by atoms with van der Waals surface area (Å²) in [5.74, 6) is -0.633. The van der Waals surface area contributed by atoms with Gasteiger partial charge in [0.2, 0.25) is 11.3 Å². The number of aromatic amines is 1. The second-order valence-corrected chi connectivity index (χ2v) is 6.83. The number of fused-ring (bicyclic) bond motifs is 1. The van der Waals surface area contributed by atoms with Crippen molar-refractivity contribution in [2.75, 3.05) is 26.2 Å². The molecule has 3 rings (SSSR count).